The number of aliphatic hydroxyl groups excluding tert-OH is 1. The lowest BCUT2D eigenvalue weighted by atomic mass is 10.1. The van der Waals surface area contributed by atoms with Gasteiger partial charge >= 0.3 is 0 Å². The minimum atomic E-state index is -0.851. The van der Waals surface area contributed by atoms with Gasteiger partial charge in [-0.15, -0.1) is 0 Å². The van der Waals surface area contributed by atoms with Gasteiger partial charge in [-0.05, 0) is 32.5 Å². The Labute approximate surface area is 86.1 Å². The van der Waals surface area contributed by atoms with Crippen molar-refractivity contribution in [3.05, 3.63) is 0 Å². The second-order valence-corrected chi connectivity index (χ2v) is 4.69. The molecule has 0 aliphatic rings. The molecule has 0 spiro atoms. The molecule has 0 radical (unpaired) electrons. The van der Waals surface area contributed by atoms with Crippen LogP contribution in [0.2, 0.25) is 0 Å². The molecule has 2 atom stereocenters. The first kappa shape index (κ1) is 13.0. The van der Waals surface area contributed by atoms with Crippen LogP contribution in [-0.4, -0.2) is 21.9 Å². The summed E-state index contributed by atoms with van der Waals surface area (Å²) in [4.78, 5) is 0. The van der Waals surface area contributed by atoms with Crippen molar-refractivity contribution in [1.29, 1.82) is 0 Å². The van der Waals surface area contributed by atoms with Gasteiger partial charge < -0.3 is 20.7 Å². The maximum absolute atomic E-state index is 9.38. The van der Waals surface area contributed by atoms with Gasteiger partial charge in [0.15, 0.2) is 11.1 Å². The zero-order chi connectivity index (χ0) is 10.5. The third-order valence-corrected chi connectivity index (χ3v) is 2.66. The first-order valence-corrected chi connectivity index (χ1v) is 5.53. The number of aliphatic hydroxyl groups is 1. The molecular formula is C7H17N2O2PS. The molecule has 78 valence electrons. The number of ether oxygens (including phenoxy) is 1. The molecule has 0 aromatic rings. The Morgan fingerprint density at radius 1 is 1.77 bits per heavy atom. The quantitative estimate of drug-likeness (QED) is 0.368. The summed E-state index contributed by atoms with van der Waals surface area (Å²) in [5.74, 6) is 0. The Hall–Kier alpha value is 0.0400. The summed E-state index contributed by atoms with van der Waals surface area (Å²) >= 11 is 4.59. The van der Waals surface area contributed by atoms with E-state index in [9.17, 15) is 5.11 Å². The monoisotopic (exact) mass is 224 g/mol. The highest BCUT2D eigenvalue weighted by molar-refractivity contribution is 7.80. The normalized spacial score (nSPS) is 14.8. The summed E-state index contributed by atoms with van der Waals surface area (Å²) in [6, 6.07) is -0.851. The van der Waals surface area contributed by atoms with E-state index in [0.717, 1.165) is 6.42 Å². The van der Waals surface area contributed by atoms with Crippen LogP contribution in [0.3, 0.4) is 0 Å². The van der Waals surface area contributed by atoms with Gasteiger partial charge in [0.25, 0.3) is 0 Å². The fraction of sp³-hybridized carbons (Fsp3) is 0.857. The van der Waals surface area contributed by atoms with Crippen molar-refractivity contribution in [3.8, 4) is 0 Å². The topological polar surface area (TPSA) is 67.5 Å². The van der Waals surface area contributed by atoms with Gasteiger partial charge in [-0.3, -0.25) is 0 Å². The molecule has 0 amide bonds. The van der Waals surface area contributed by atoms with E-state index >= 15 is 0 Å². The minimum absolute atomic E-state index is 0.0200. The van der Waals surface area contributed by atoms with Gasteiger partial charge in [0.1, 0.15) is 0 Å². The summed E-state index contributed by atoms with van der Waals surface area (Å²) in [6.45, 7) is 5.83. The van der Waals surface area contributed by atoms with Gasteiger partial charge in [-0.2, -0.15) is 0 Å². The van der Waals surface area contributed by atoms with Crippen molar-refractivity contribution >= 4 is 26.1 Å². The van der Waals surface area contributed by atoms with E-state index in [1.165, 1.54) is 0 Å². The van der Waals surface area contributed by atoms with E-state index in [1.54, 1.807) is 0 Å². The van der Waals surface area contributed by atoms with E-state index < -0.39 is 6.03 Å². The summed E-state index contributed by atoms with van der Waals surface area (Å²) in [5.41, 5.74) is 4.88. The fourth-order valence-electron chi connectivity index (χ4n) is 0.548. The van der Waals surface area contributed by atoms with E-state index in [0.29, 0.717) is 0 Å². The summed E-state index contributed by atoms with van der Waals surface area (Å²) in [5, 5.41) is 12.2. The number of nitrogens with one attached hydrogen (secondary N) is 1. The zero-order valence-corrected chi connectivity index (χ0v) is 9.94. The third kappa shape index (κ3) is 7.14. The van der Waals surface area contributed by atoms with Crippen molar-refractivity contribution in [2.45, 2.75) is 38.8 Å². The van der Waals surface area contributed by atoms with Crippen molar-refractivity contribution in [3.63, 3.8) is 0 Å². The van der Waals surface area contributed by atoms with Gasteiger partial charge in [0, 0.05) is 8.73 Å². The van der Waals surface area contributed by atoms with Crippen molar-refractivity contribution < 1.29 is 9.84 Å². The Balaban J connectivity index is 3.73. The molecule has 0 aromatic heterocycles. The summed E-state index contributed by atoms with van der Waals surface area (Å²) < 4.78 is 5.33. The molecule has 0 aliphatic heterocycles. The highest BCUT2D eigenvalue weighted by Crippen LogP contribution is 2.22. The molecule has 0 saturated carbocycles. The zero-order valence-electron chi connectivity index (χ0n) is 8.13. The van der Waals surface area contributed by atoms with Crippen LogP contribution in [0, 0.1) is 0 Å². The summed E-state index contributed by atoms with van der Waals surface area (Å²) in [7, 11) is -0.0200. The molecule has 4 N–H and O–H groups in total. The largest absolute Gasteiger partial charge is 0.376 e. The molecule has 0 aliphatic carbocycles. The predicted octanol–water partition coefficient (Wildman–Crippen LogP) is 0.894. The average Bonchev–Trinajstić information content (AvgIpc) is 2.00. The lowest BCUT2D eigenvalue weighted by Gasteiger charge is -2.26. The molecule has 2 unspecified atom stereocenters. The minimum Gasteiger partial charge on any atom is -0.376 e. The number of nitrogens with two attached hydrogens (primary N) is 1. The Morgan fingerprint density at radius 2 is 2.31 bits per heavy atom. The molecular weight excluding hydrogens is 207 g/mol. The van der Waals surface area contributed by atoms with E-state index in [-0.39, 0.29) is 19.4 Å². The lowest BCUT2D eigenvalue weighted by molar-refractivity contribution is -0.125. The van der Waals surface area contributed by atoms with Crippen LogP contribution >= 0.6 is 20.9 Å². The average molecular weight is 224 g/mol. The molecule has 0 saturated heterocycles. The molecule has 0 bridgehead atoms. The number of hydrogen-bond donors (Lipinski definition) is 3. The Kier molecular flexibility index (Phi) is 5.72. The predicted molar refractivity (Wildman–Crippen MR) is 59.7 cm³/mol. The molecule has 0 rings (SSSR count). The van der Waals surface area contributed by atoms with Gasteiger partial charge in [-0.1, -0.05) is 6.92 Å². The highest BCUT2D eigenvalue weighted by atomic mass is 32.1. The molecule has 0 heterocycles. The summed E-state index contributed by atoms with van der Waals surface area (Å²) in [6.07, 6.45) is 0.835. The number of hydrogen-bond acceptors (Lipinski definition) is 3. The molecule has 6 heteroatoms. The van der Waals surface area contributed by atoms with Crippen LogP contribution in [0.15, 0.2) is 0 Å². The Morgan fingerprint density at radius 3 is 2.69 bits per heavy atom. The van der Waals surface area contributed by atoms with Crippen molar-refractivity contribution in [2.24, 2.45) is 5.73 Å². The first-order valence-electron chi connectivity index (χ1n) is 4.04. The van der Waals surface area contributed by atoms with Gasteiger partial charge in [0.05, 0.1) is 5.60 Å². The van der Waals surface area contributed by atoms with Crippen LogP contribution < -0.4 is 10.8 Å². The maximum Gasteiger partial charge on any atom is 0.190 e. The van der Waals surface area contributed by atoms with Crippen LogP contribution in [0.1, 0.15) is 27.2 Å². The van der Waals surface area contributed by atoms with Crippen LogP contribution in [0.4, 0.5) is 0 Å². The van der Waals surface area contributed by atoms with Gasteiger partial charge in [-0.25, -0.2) is 0 Å². The first-order chi connectivity index (χ1) is 5.87. The van der Waals surface area contributed by atoms with Crippen LogP contribution in [0.5, 0.6) is 0 Å². The van der Waals surface area contributed by atoms with E-state index in [4.69, 9.17) is 10.5 Å². The van der Waals surface area contributed by atoms with E-state index in [1.807, 2.05) is 20.8 Å². The SMILES string of the molecule is CCC(C)(C)OC(O)PNC(N)=S. The molecule has 13 heavy (non-hydrogen) atoms. The number of rotatable bonds is 5. The van der Waals surface area contributed by atoms with Crippen molar-refractivity contribution in [1.82, 2.24) is 5.09 Å². The molecule has 0 fully saturated rings. The smallest absolute Gasteiger partial charge is 0.190 e. The van der Waals surface area contributed by atoms with E-state index in [2.05, 4.69) is 17.3 Å². The van der Waals surface area contributed by atoms with Gasteiger partial charge in [0.2, 0.25) is 0 Å². The fourth-order valence-corrected chi connectivity index (χ4v) is 1.37. The highest BCUT2D eigenvalue weighted by Gasteiger charge is 2.20. The second kappa shape index (κ2) is 5.70. The third-order valence-electron chi connectivity index (χ3n) is 1.60. The standard InChI is InChI=1S/C7H17N2O2PS/c1-4-7(2,3)11-6(10)12-9-5(8)13/h6,10,12H,4H2,1-3H3,(H3,8,9,13). The van der Waals surface area contributed by atoms with Crippen LogP contribution in [0.25, 0.3) is 0 Å². The Bertz CT molecular complexity index is 178. The van der Waals surface area contributed by atoms with Crippen molar-refractivity contribution in [2.75, 3.05) is 0 Å². The van der Waals surface area contributed by atoms with Crippen LogP contribution in [-0.2, 0) is 4.74 Å². The number of thiocarbonyl (C=S) groups is 1. The molecule has 4 nitrogen and oxygen atoms in total. The molecule has 0 aromatic carbocycles. The second-order valence-electron chi connectivity index (χ2n) is 3.22. The lowest BCUT2D eigenvalue weighted by Crippen LogP contribution is -2.31. The maximum atomic E-state index is 9.38.